The Morgan fingerprint density at radius 1 is 1.05 bits per heavy atom. The van der Waals surface area contributed by atoms with Crippen molar-refractivity contribution < 1.29 is 19.0 Å². The molecular weight excluding hydrogens is 510 g/mol. The summed E-state index contributed by atoms with van der Waals surface area (Å²) in [6.07, 6.45) is 18.6. The zero-order chi connectivity index (χ0) is 30.0. The van der Waals surface area contributed by atoms with E-state index in [1.54, 1.807) is 5.57 Å². The Bertz CT molecular complexity index is 817. The van der Waals surface area contributed by atoms with Crippen LogP contribution in [0.2, 0.25) is 0 Å². The van der Waals surface area contributed by atoms with Gasteiger partial charge in [0.05, 0.1) is 25.9 Å². The van der Waals surface area contributed by atoms with Gasteiger partial charge in [-0.05, 0) is 100 Å². The third kappa shape index (κ3) is 10.9. The van der Waals surface area contributed by atoms with Gasteiger partial charge < -0.3 is 19.5 Å². The van der Waals surface area contributed by atoms with Crippen LogP contribution in [0.3, 0.4) is 0 Å². The maximum absolute atomic E-state index is 11.7. The van der Waals surface area contributed by atoms with E-state index in [0.717, 1.165) is 48.3 Å². The SMILES string of the molecule is CC(C)CCC[C@@H](C)C1CCC[C@H]2C(CC=C3C[C@@H](OCCOCCNC(=O)OC(C)(C)C)CCC32C)[C@@H](C)CC1. The van der Waals surface area contributed by atoms with Gasteiger partial charge in [0, 0.05) is 6.54 Å². The van der Waals surface area contributed by atoms with E-state index in [0.29, 0.717) is 37.9 Å². The fourth-order valence-corrected chi connectivity index (χ4v) is 8.16. The van der Waals surface area contributed by atoms with Gasteiger partial charge in [-0.15, -0.1) is 0 Å². The largest absolute Gasteiger partial charge is 0.444 e. The van der Waals surface area contributed by atoms with Crippen LogP contribution in [0.4, 0.5) is 4.79 Å². The highest BCUT2D eigenvalue weighted by Gasteiger charge is 2.48. The zero-order valence-electron chi connectivity index (χ0n) is 28.1. The Morgan fingerprint density at radius 2 is 1.83 bits per heavy atom. The Morgan fingerprint density at radius 3 is 2.56 bits per heavy atom. The molecule has 0 spiro atoms. The third-order valence-electron chi connectivity index (χ3n) is 10.7. The minimum absolute atomic E-state index is 0.305. The molecule has 5 heteroatoms. The lowest BCUT2D eigenvalue weighted by Crippen LogP contribution is -2.44. The second kappa shape index (κ2) is 16.1. The molecule has 41 heavy (non-hydrogen) atoms. The van der Waals surface area contributed by atoms with E-state index in [9.17, 15) is 4.79 Å². The molecule has 7 atom stereocenters. The smallest absolute Gasteiger partial charge is 0.407 e. The van der Waals surface area contributed by atoms with Crippen LogP contribution >= 0.6 is 0 Å². The molecular formula is C36H65NO4. The minimum Gasteiger partial charge on any atom is -0.444 e. The monoisotopic (exact) mass is 575 g/mol. The van der Waals surface area contributed by atoms with Crippen molar-refractivity contribution in [2.75, 3.05) is 26.4 Å². The lowest BCUT2D eigenvalue weighted by Gasteiger charge is -2.52. The number of hydrogen-bond acceptors (Lipinski definition) is 4. The molecule has 238 valence electrons. The van der Waals surface area contributed by atoms with Crippen molar-refractivity contribution in [3.63, 3.8) is 0 Å². The topological polar surface area (TPSA) is 56.8 Å². The predicted molar refractivity (Wildman–Crippen MR) is 170 cm³/mol. The van der Waals surface area contributed by atoms with Crippen molar-refractivity contribution in [1.82, 2.24) is 5.32 Å². The first kappa shape index (κ1) is 34.4. The maximum atomic E-state index is 11.7. The number of alkyl carbamates (subject to hydrolysis) is 1. The summed E-state index contributed by atoms with van der Waals surface area (Å²) in [5.74, 6) is 5.14. The lowest BCUT2D eigenvalue weighted by molar-refractivity contribution is -0.0292. The fourth-order valence-electron chi connectivity index (χ4n) is 8.16. The van der Waals surface area contributed by atoms with Gasteiger partial charge in [0.2, 0.25) is 0 Å². The van der Waals surface area contributed by atoms with Crippen molar-refractivity contribution in [2.24, 2.45) is 40.9 Å². The summed E-state index contributed by atoms with van der Waals surface area (Å²) in [5, 5.41) is 2.74. The van der Waals surface area contributed by atoms with Gasteiger partial charge in [0.25, 0.3) is 0 Å². The van der Waals surface area contributed by atoms with Gasteiger partial charge in [-0.2, -0.15) is 0 Å². The first-order valence-corrected chi connectivity index (χ1v) is 17.2. The molecule has 3 aliphatic carbocycles. The Kier molecular flexibility index (Phi) is 13.5. The number of carbonyl (C=O) groups is 1. The van der Waals surface area contributed by atoms with E-state index in [2.05, 4.69) is 46.0 Å². The van der Waals surface area contributed by atoms with Crippen molar-refractivity contribution in [2.45, 2.75) is 144 Å². The summed E-state index contributed by atoms with van der Waals surface area (Å²) in [6.45, 7) is 20.1. The summed E-state index contributed by atoms with van der Waals surface area (Å²) in [7, 11) is 0. The minimum atomic E-state index is -0.481. The van der Waals surface area contributed by atoms with Crippen molar-refractivity contribution in [3.8, 4) is 0 Å². The number of fused-ring (bicyclic) bond motifs is 3. The zero-order valence-corrected chi connectivity index (χ0v) is 28.1. The van der Waals surface area contributed by atoms with E-state index < -0.39 is 11.7 Å². The van der Waals surface area contributed by atoms with Crippen LogP contribution in [0.1, 0.15) is 132 Å². The molecule has 3 rings (SSSR count). The maximum Gasteiger partial charge on any atom is 0.407 e. The first-order chi connectivity index (χ1) is 19.4. The van der Waals surface area contributed by atoms with Gasteiger partial charge in [0.15, 0.2) is 0 Å². The van der Waals surface area contributed by atoms with Gasteiger partial charge in [-0.1, -0.05) is 84.8 Å². The van der Waals surface area contributed by atoms with E-state index in [1.165, 1.54) is 64.2 Å². The Balaban J connectivity index is 1.43. The van der Waals surface area contributed by atoms with Crippen molar-refractivity contribution in [1.29, 1.82) is 0 Å². The van der Waals surface area contributed by atoms with Crippen LogP contribution in [0, 0.1) is 40.9 Å². The molecule has 1 N–H and O–H groups in total. The number of hydrogen-bond donors (Lipinski definition) is 1. The predicted octanol–water partition coefficient (Wildman–Crippen LogP) is 9.34. The average molecular weight is 576 g/mol. The van der Waals surface area contributed by atoms with E-state index in [4.69, 9.17) is 14.2 Å². The summed E-state index contributed by atoms with van der Waals surface area (Å²) in [4.78, 5) is 11.7. The average Bonchev–Trinajstić information content (AvgIpc) is 2.96. The number of nitrogens with one attached hydrogen (secondary N) is 1. The molecule has 0 aromatic carbocycles. The molecule has 2 saturated carbocycles. The second-order valence-electron chi connectivity index (χ2n) is 15.5. The molecule has 0 saturated heterocycles. The standard InChI is InChI=1S/C36H65NO4/c1-26(2)11-9-12-27(3)29-13-10-14-33-32(28(4)15-16-29)18-17-30-25-31(19-20-36(30,33)8)40-24-23-39-22-21-37-34(38)41-35(5,6)7/h17,26-29,31-33H,9-16,18-25H2,1-8H3,(H,37,38)/t27-,28+,29?,31+,32?,33+,36?/m1/s1. The molecule has 0 aromatic rings. The van der Waals surface area contributed by atoms with Gasteiger partial charge in [-0.3, -0.25) is 0 Å². The molecule has 3 unspecified atom stereocenters. The molecule has 0 heterocycles. The van der Waals surface area contributed by atoms with Crippen LogP contribution in [-0.2, 0) is 14.2 Å². The Hall–Kier alpha value is -1.07. The molecule has 0 bridgehead atoms. The molecule has 0 aromatic heterocycles. The summed E-state index contributed by atoms with van der Waals surface area (Å²) in [5.41, 5.74) is 1.55. The fraction of sp³-hybridized carbons (Fsp3) is 0.917. The summed E-state index contributed by atoms with van der Waals surface area (Å²) < 4.78 is 17.3. The molecule has 1 amide bonds. The van der Waals surface area contributed by atoms with E-state index in [1.807, 2.05) is 20.8 Å². The first-order valence-electron chi connectivity index (χ1n) is 17.2. The lowest BCUT2D eigenvalue weighted by atomic mass is 9.54. The third-order valence-corrected chi connectivity index (χ3v) is 10.7. The molecule has 0 aliphatic heterocycles. The second-order valence-corrected chi connectivity index (χ2v) is 15.5. The highest BCUT2D eigenvalue weighted by Crippen LogP contribution is 2.57. The van der Waals surface area contributed by atoms with Crippen molar-refractivity contribution in [3.05, 3.63) is 11.6 Å². The number of ether oxygens (including phenoxy) is 3. The molecule has 5 nitrogen and oxygen atoms in total. The number of allylic oxidation sites excluding steroid dienone is 1. The highest BCUT2D eigenvalue weighted by atomic mass is 16.6. The van der Waals surface area contributed by atoms with Crippen LogP contribution in [-0.4, -0.2) is 44.2 Å². The van der Waals surface area contributed by atoms with Crippen LogP contribution in [0.5, 0.6) is 0 Å². The van der Waals surface area contributed by atoms with Crippen LogP contribution in [0.25, 0.3) is 0 Å². The summed E-state index contributed by atoms with van der Waals surface area (Å²) in [6, 6.07) is 0. The van der Waals surface area contributed by atoms with Crippen LogP contribution in [0.15, 0.2) is 11.6 Å². The normalized spacial score (nSPS) is 31.6. The Labute approximate surface area is 253 Å². The number of carbonyl (C=O) groups excluding carboxylic acids is 1. The molecule has 3 aliphatic rings. The molecule has 2 fully saturated rings. The van der Waals surface area contributed by atoms with Crippen molar-refractivity contribution >= 4 is 6.09 Å². The number of amides is 1. The van der Waals surface area contributed by atoms with Crippen LogP contribution < -0.4 is 5.32 Å². The van der Waals surface area contributed by atoms with Gasteiger partial charge in [-0.25, -0.2) is 4.79 Å². The van der Waals surface area contributed by atoms with E-state index in [-0.39, 0.29) is 0 Å². The summed E-state index contributed by atoms with van der Waals surface area (Å²) >= 11 is 0. The molecule has 0 radical (unpaired) electrons. The van der Waals surface area contributed by atoms with Gasteiger partial charge in [0.1, 0.15) is 5.60 Å². The quantitative estimate of drug-likeness (QED) is 0.186. The highest BCUT2D eigenvalue weighted by molar-refractivity contribution is 5.67. The van der Waals surface area contributed by atoms with Gasteiger partial charge >= 0.3 is 6.09 Å². The van der Waals surface area contributed by atoms with E-state index >= 15 is 0 Å². The number of rotatable bonds is 12.